The summed E-state index contributed by atoms with van der Waals surface area (Å²) in [6.07, 6.45) is 1.79. The number of aryl methyl sites for hydroxylation is 1. The second-order valence-corrected chi connectivity index (χ2v) is 4.63. The van der Waals surface area contributed by atoms with Crippen LogP contribution in [-0.2, 0) is 11.2 Å². The van der Waals surface area contributed by atoms with Crippen LogP contribution in [0.5, 0.6) is 5.75 Å². The second-order valence-electron chi connectivity index (χ2n) is 3.71. The van der Waals surface area contributed by atoms with E-state index in [0.29, 0.717) is 6.61 Å². The first-order chi connectivity index (χ1) is 7.67. The van der Waals surface area contributed by atoms with Crippen LogP contribution < -0.4 is 10.5 Å². The van der Waals surface area contributed by atoms with Gasteiger partial charge in [0.05, 0.1) is 13.7 Å². The molecule has 3 nitrogen and oxygen atoms in total. The largest absolute Gasteiger partial charge is 0.496 e. The summed E-state index contributed by atoms with van der Waals surface area (Å²) in [6.45, 7) is 0.594. The Morgan fingerprint density at radius 1 is 1.38 bits per heavy atom. The van der Waals surface area contributed by atoms with Crippen LogP contribution >= 0.6 is 15.9 Å². The zero-order valence-electron chi connectivity index (χ0n) is 9.70. The van der Waals surface area contributed by atoms with Gasteiger partial charge >= 0.3 is 0 Å². The van der Waals surface area contributed by atoms with Gasteiger partial charge in [-0.1, -0.05) is 15.9 Å². The predicted octanol–water partition coefficient (Wildman–Crippen LogP) is 2.36. The summed E-state index contributed by atoms with van der Waals surface area (Å²) in [4.78, 5) is 0. The Morgan fingerprint density at radius 3 is 2.75 bits per heavy atom. The van der Waals surface area contributed by atoms with Crippen molar-refractivity contribution in [2.24, 2.45) is 5.73 Å². The molecule has 0 heterocycles. The molecule has 0 saturated heterocycles. The number of nitrogens with two attached hydrogens (primary N) is 1. The normalized spacial score (nSPS) is 12.5. The van der Waals surface area contributed by atoms with Gasteiger partial charge in [-0.3, -0.25) is 0 Å². The smallest absolute Gasteiger partial charge is 0.122 e. The zero-order valence-corrected chi connectivity index (χ0v) is 11.3. The number of ether oxygens (including phenoxy) is 2. The van der Waals surface area contributed by atoms with Gasteiger partial charge in [0.1, 0.15) is 5.75 Å². The molecule has 1 rings (SSSR count). The average molecular weight is 288 g/mol. The zero-order chi connectivity index (χ0) is 12.0. The summed E-state index contributed by atoms with van der Waals surface area (Å²) in [5, 5.41) is 0. The van der Waals surface area contributed by atoms with E-state index in [-0.39, 0.29) is 6.04 Å². The number of benzene rings is 1. The van der Waals surface area contributed by atoms with Crippen LogP contribution in [0.4, 0.5) is 0 Å². The second kappa shape index (κ2) is 6.89. The van der Waals surface area contributed by atoms with E-state index in [0.717, 1.165) is 23.1 Å². The van der Waals surface area contributed by atoms with Crippen LogP contribution in [0.2, 0.25) is 0 Å². The highest BCUT2D eigenvalue weighted by Crippen LogP contribution is 2.24. The van der Waals surface area contributed by atoms with Crippen molar-refractivity contribution in [3.05, 3.63) is 28.2 Å². The van der Waals surface area contributed by atoms with Gasteiger partial charge in [0.25, 0.3) is 0 Å². The summed E-state index contributed by atoms with van der Waals surface area (Å²) in [5.41, 5.74) is 7.05. The minimum Gasteiger partial charge on any atom is -0.496 e. The van der Waals surface area contributed by atoms with Crippen molar-refractivity contribution < 1.29 is 9.47 Å². The maximum atomic E-state index is 5.88. The first-order valence-corrected chi connectivity index (χ1v) is 6.03. The van der Waals surface area contributed by atoms with E-state index >= 15 is 0 Å². The number of hydrogen-bond acceptors (Lipinski definition) is 3. The predicted molar refractivity (Wildman–Crippen MR) is 68.9 cm³/mol. The molecular weight excluding hydrogens is 270 g/mol. The van der Waals surface area contributed by atoms with Crippen LogP contribution in [0.25, 0.3) is 0 Å². The molecule has 0 saturated carbocycles. The summed E-state index contributed by atoms with van der Waals surface area (Å²) in [6, 6.07) is 6.07. The van der Waals surface area contributed by atoms with Gasteiger partial charge < -0.3 is 15.2 Å². The highest BCUT2D eigenvalue weighted by atomic mass is 79.9. The molecule has 16 heavy (non-hydrogen) atoms. The fraction of sp³-hybridized carbons (Fsp3) is 0.500. The Morgan fingerprint density at radius 2 is 2.12 bits per heavy atom. The summed E-state index contributed by atoms with van der Waals surface area (Å²) in [7, 11) is 3.35. The van der Waals surface area contributed by atoms with E-state index < -0.39 is 0 Å². The van der Waals surface area contributed by atoms with Crippen molar-refractivity contribution in [1.29, 1.82) is 0 Å². The lowest BCUT2D eigenvalue weighted by molar-refractivity contribution is 0.177. The van der Waals surface area contributed by atoms with Crippen LogP contribution in [0.15, 0.2) is 22.7 Å². The Kier molecular flexibility index (Phi) is 5.80. The molecule has 90 valence electrons. The van der Waals surface area contributed by atoms with Crippen molar-refractivity contribution in [2.75, 3.05) is 20.8 Å². The molecule has 1 aromatic rings. The summed E-state index contributed by atoms with van der Waals surface area (Å²) < 4.78 is 11.4. The number of hydrogen-bond donors (Lipinski definition) is 1. The van der Waals surface area contributed by atoms with Gasteiger partial charge in [-0.2, -0.15) is 0 Å². The molecule has 0 radical (unpaired) electrons. The molecule has 0 aliphatic heterocycles. The Hall–Kier alpha value is -0.580. The lowest BCUT2D eigenvalue weighted by Crippen LogP contribution is -2.26. The molecule has 0 aliphatic rings. The molecule has 1 atom stereocenters. The molecule has 0 fully saturated rings. The molecular formula is C12H18BrNO2. The van der Waals surface area contributed by atoms with E-state index in [2.05, 4.69) is 22.0 Å². The first-order valence-electron chi connectivity index (χ1n) is 5.24. The monoisotopic (exact) mass is 287 g/mol. The van der Waals surface area contributed by atoms with Crippen LogP contribution in [0, 0.1) is 0 Å². The number of methoxy groups -OCH3 is 2. The SMILES string of the molecule is COCC(N)CCc1cc(Br)ccc1OC. The van der Waals surface area contributed by atoms with Gasteiger partial charge in [0, 0.05) is 17.6 Å². The third-order valence-corrected chi connectivity index (χ3v) is 2.90. The van der Waals surface area contributed by atoms with Crippen molar-refractivity contribution in [3.8, 4) is 5.75 Å². The Bertz CT molecular complexity index is 331. The summed E-state index contributed by atoms with van der Waals surface area (Å²) in [5.74, 6) is 0.910. The lowest BCUT2D eigenvalue weighted by Gasteiger charge is -2.12. The number of rotatable bonds is 6. The molecule has 0 amide bonds. The van der Waals surface area contributed by atoms with Crippen molar-refractivity contribution in [3.63, 3.8) is 0 Å². The van der Waals surface area contributed by atoms with Crippen LogP contribution in [0.1, 0.15) is 12.0 Å². The van der Waals surface area contributed by atoms with Gasteiger partial charge in [0.2, 0.25) is 0 Å². The molecule has 0 aromatic heterocycles. The van der Waals surface area contributed by atoms with Crippen molar-refractivity contribution >= 4 is 15.9 Å². The fourth-order valence-corrected chi connectivity index (χ4v) is 1.99. The first kappa shape index (κ1) is 13.5. The molecule has 4 heteroatoms. The minimum atomic E-state index is 0.0775. The van der Waals surface area contributed by atoms with Crippen LogP contribution in [0.3, 0.4) is 0 Å². The fourth-order valence-electron chi connectivity index (χ4n) is 1.58. The quantitative estimate of drug-likeness (QED) is 0.874. The van der Waals surface area contributed by atoms with E-state index in [1.54, 1.807) is 14.2 Å². The highest BCUT2D eigenvalue weighted by molar-refractivity contribution is 9.10. The van der Waals surface area contributed by atoms with E-state index in [4.69, 9.17) is 15.2 Å². The van der Waals surface area contributed by atoms with Crippen LogP contribution in [-0.4, -0.2) is 26.9 Å². The third-order valence-electron chi connectivity index (χ3n) is 2.41. The molecule has 1 aromatic carbocycles. The van der Waals surface area contributed by atoms with E-state index in [1.807, 2.05) is 12.1 Å². The highest BCUT2D eigenvalue weighted by Gasteiger charge is 2.07. The standard InChI is InChI=1S/C12H18BrNO2/c1-15-8-11(14)5-3-9-7-10(13)4-6-12(9)16-2/h4,6-7,11H,3,5,8,14H2,1-2H3. The van der Waals surface area contributed by atoms with E-state index in [9.17, 15) is 0 Å². The lowest BCUT2D eigenvalue weighted by atomic mass is 10.1. The van der Waals surface area contributed by atoms with Crippen molar-refractivity contribution in [2.45, 2.75) is 18.9 Å². The maximum absolute atomic E-state index is 5.88. The number of halogens is 1. The van der Waals surface area contributed by atoms with Gasteiger partial charge in [-0.25, -0.2) is 0 Å². The molecule has 2 N–H and O–H groups in total. The Labute approximate surface area is 105 Å². The van der Waals surface area contributed by atoms with Gasteiger partial charge in [-0.15, -0.1) is 0 Å². The van der Waals surface area contributed by atoms with Crippen molar-refractivity contribution in [1.82, 2.24) is 0 Å². The van der Waals surface area contributed by atoms with E-state index in [1.165, 1.54) is 5.56 Å². The van der Waals surface area contributed by atoms with Gasteiger partial charge in [-0.05, 0) is 36.6 Å². The topological polar surface area (TPSA) is 44.5 Å². The van der Waals surface area contributed by atoms with Gasteiger partial charge in [0.15, 0.2) is 0 Å². The molecule has 0 aliphatic carbocycles. The third kappa shape index (κ3) is 4.12. The Balaban J connectivity index is 2.61. The molecule has 0 spiro atoms. The maximum Gasteiger partial charge on any atom is 0.122 e. The molecule has 1 unspecified atom stereocenters. The minimum absolute atomic E-state index is 0.0775. The summed E-state index contributed by atoms with van der Waals surface area (Å²) >= 11 is 3.45. The molecule has 0 bridgehead atoms. The average Bonchev–Trinajstić information content (AvgIpc) is 2.27.